The Morgan fingerprint density at radius 1 is 1.38 bits per heavy atom. The van der Waals surface area contributed by atoms with Crippen LogP contribution in [0.4, 0.5) is 5.69 Å². The number of para-hydroxylation sites is 1. The fraction of sp³-hybridized carbons (Fsp3) is 0.467. The van der Waals surface area contributed by atoms with Crippen LogP contribution in [0.3, 0.4) is 0 Å². The van der Waals surface area contributed by atoms with Crippen molar-refractivity contribution in [2.24, 2.45) is 5.73 Å². The van der Waals surface area contributed by atoms with Crippen LogP contribution in [0, 0.1) is 0 Å². The number of likely N-dealkylation sites (N-methyl/N-ethyl adjacent to an activating group) is 1. The minimum Gasteiger partial charge on any atom is -0.334 e. The highest BCUT2D eigenvalue weighted by Gasteiger charge is 2.34. The van der Waals surface area contributed by atoms with Crippen molar-refractivity contribution >= 4 is 29.9 Å². The van der Waals surface area contributed by atoms with Crippen molar-refractivity contribution in [3.63, 3.8) is 0 Å². The van der Waals surface area contributed by atoms with E-state index >= 15 is 0 Å². The lowest BCUT2D eigenvalue weighted by atomic mass is 10.0. The molecule has 0 aliphatic carbocycles. The number of amides is 2. The molecule has 1 aliphatic heterocycles. The van der Waals surface area contributed by atoms with E-state index in [0.717, 1.165) is 18.5 Å². The van der Waals surface area contributed by atoms with Crippen molar-refractivity contribution in [3.8, 4) is 0 Å². The minimum absolute atomic E-state index is 0. The molecule has 0 aromatic heterocycles. The van der Waals surface area contributed by atoms with E-state index in [-0.39, 0.29) is 36.7 Å². The molecule has 6 heteroatoms. The zero-order valence-electron chi connectivity index (χ0n) is 12.2. The standard InChI is InChI=1S/C15H21N3O2.ClH/c1-17(14(19)9-10-16)13-8-5-11-18(15(13)20)12-6-3-2-4-7-12;/h2-4,6-7,13H,5,8-11,16H2,1H3;1H. The molecule has 0 radical (unpaired) electrons. The first kappa shape index (κ1) is 17.5. The third-order valence-electron chi connectivity index (χ3n) is 3.70. The molecular formula is C15H22ClN3O2. The highest BCUT2D eigenvalue weighted by molar-refractivity contribution is 5.99. The number of benzene rings is 1. The molecule has 1 saturated heterocycles. The van der Waals surface area contributed by atoms with E-state index in [2.05, 4.69) is 0 Å². The van der Waals surface area contributed by atoms with Crippen LogP contribution in [-0.2, 0) is 9.59 Å². The van der Waals surface area contributed by atoms with Gasteiger partial charge in [-0.3, -0.25) is 9.59 Å². The van der Waals surface area contributed by atoms with Crippen LogP contribution >= 0.6 is 12.4 Å². The monoisotopic (exact) mass is 311 g/mol. The average Bonchev–Trinajstić information content (AvgIpc) is 2.48. The van der Waals surface area contributed by atoms with Gasteiger partial charge in [-0.05, 0) is 25.0 Å². The van der Waals surface area contributed by atoms with Crippen LogP contribution in [0.2, 0.25) is 0 Å². The number of nitrogens with two attached hydrogens (primary N) is 1. The van der Waals surface area contributed by atoms with Gasteiger partial charge in [0.1, 0.15) is 6.04 Å². The molecule has 1 fully saturated rings. The Morgan fingerprint density at radius 2 is 2.05 bits per heavy atom. The molecule has 116 valence electrons. The Balaban J connectivity index is 0.00000220. The largest absolute Gasteiger partial charge is 0.334 e. The molecule has 1 heterocycles. The molecule has 2 rings (SSSR count). The molecule has 0 bridgehead atoms. The average molecular weight is 312 g/mol. The molecule has 1 unspecified atom stereocenters. The fourth-order valence-corrected chi connectivity index (χ4v) is 2.55. The van der Waals surface area contributed by atoms with Crippen molar-refractivity contribution in [3.05, 3.63) is 30.3 Å². The summed E-state index contributed by atoms with van der Waals surface area (Å²) >= 11 is 0. The van der Waals surface area contributed by atoms with E-state index in [1.165, 1.54) is 0 Å². The maximum atomic E-state index is 12.6. The zero-order chi connectivity index (χ0) is 14.5. The van der Waals surface area contributed by atoms with E-state index in [1.807, 2.05) is 30.3 Å². The summed E-state index contributed by atoms with van der Waals surface area (Å²) in [5, 5.41) is 0. The number of rotatable bonds is 4. The van der Waals surface area contributed by atoms with Crippen molar-refractivity contribution in [2.45, 2.75) is 25.3 Å². The van der Waals surface area contributed by atoms with Gasteiger partial charge in [0.2, 0.25) is 11.8 Å². The summed E-state index contributed by atoms with van der Waals surface area (Å²) in [5.41, 5.74) is 6.30. The lowest BCUT2D eigenvalue weighted by molar-refractivity contribution is -0.138. The van der Waals surface area contributed by atoms with Gasteiger partial charge in [-0.1, -0.05) is 18.2 Å². The molecule has 2 N–H and O–H groups in total. The number of carbonyl (C=O) groups is 2. The van der Waals surface area contributed by atoms with E-state index in [9.17, 15) is 9.59 Å². The highest BCUT2D eigenvalue weighted by Crippen LogP contribution is 2.23. The van der Waals surface area contributed by atoms with E-state index in [0.29, 0.717) is 13.1 Å². The summed E-state index contributed by atoms with van der Waals surface area (Å²) in [6, 6.07) is 9.21. The SMILES string of the molecule is CN(C(=O)CCN)C1CCCN(c2ccccc2)C1=O.Cl. The first-order valence-corrected chi connectivity index (χ1v) is 6.97. The van der Waals surface area contributed by atoms with Gasteiger partial charge in [0.15, 0.2) is 0 Å². The van der Waals surface area contributed by atoms with Gasteiger partial charge in [-0.25, -0.2) is 0 Å². The predicted octanol–water partition coefficient (Wildman–Crippen LogP) is 1.41. The third-order valence-corrected chi connectivity index (χ3v) is 3.70. The number of carbonyl (C=O) groups excluding carboxylic acids is 2. The van der Waals surface area contributed by atoms with Crippen LogP contribution < -0.4 is 10.6 Å². The summed E-state index contributed by atoms with van der Waals surface area (Å²) in [6.07, 6.45) is 1.89. The Morgan fingerprint density at radius 3 is 2.67 bits per heavy atom. The van der Waals surface area contributed by atoms with Crippen LogP contribution in [0.5, 0.6) is 0 Å². The molecule has 5 nitrogen and oxygen atoms in total. The number of piperidine rings is 1. The summed E-state index contributed by atoms with van der Waals surface area (Å²) in [5.74, 6) is -0.0731. The van der Waals surface area contributed by atoms with Gasteiger partial charge in [-0.2, -0.15) is 0 Å². The van der Waals surface area contributed by atoms with Gasteiger partial charge in [0, 0.05) is 32.2 Å². The van der Waals surface area contributed by atoms with Crippen molar-refractivity contribution < 1.29 is 9.59 Å². The van der Waals surface area contributed by atoms with E-state index in [4.69, 9.17) is 5.73 Å². The van der Waals surface area contributed by atoms with Crippen LogP contribution in [0.25, 0.3) is 0 Å². The van der Waals surface area contributed by atoms with Crippen molar-refractivity contribution in [1.29, 1.82) is 0 Å². The highest BCUT2D eigenvalue weighted by atomic mass is 35.5. The minimum atomic E-state index is -0.372. The molecule has 2 amide bonds. The van der Waals surface area contributed by atoms with E-state index < -0.39 is 0 Å². The second-order valence-corrected chi connectivity index (χ2v) is 5.03. The molecule has 1 aliphatic rings. The normalized spacial score (nSPS) is 18.1. The second kappa shape index (κ2) is 8.00. The molecule has 1 aromatic rings. The second-order valence-electron chi connectivity index (χ2n) is 5.03. The lowest BCUT2D eigenvalue weighted by Gasteiger charge is -2.36. The predicted molar refractivity (Wildman–Crippen MR) is 85.5 cm³/mol. The topological polar surface area (TPSA) is 66.6 Å². The van der Waals surface area contributed by atoms with Crippen LogP contribution in [0.1, 0.15) is 19.3 Å². The molecule has 0 spiro atoms. The Bertz CT molecular complexity index is 481. The Labute approximate surface area is 131 Å². The van der Waals surface area contributed by atoms with Gasteiger partial charge in [-0.15, -0.1) is 12.4 Å². The Hall–Kier alpha value is -1.59. The summed E-state index contributed by atoms with van der Waals surface area (Å²) < 4.78 is 0. The quantitative estimate of drug-likeness (QED) is 0.914. The number of anilines is 1. The zero-order valence-corrected chi connectivity index (χ0v) is 13.0. The molecule has 0 saturated carbocycles. The number of hydrogen-bond acceptors (Lipinski definition) is 3. The van der Waals surface area contributed by atoms with Gasteiger partial charge in [0.05, 0.1) is 0 Å². The maximum Gasteiger partial charge on any atom is 0.249 e. The third kappa shape index (κ3) is 3.95. The summed E-state index contributed by atoms with van der Waals surface area (Å²) in [4.78, 5) is 27.8. The number of halogens is 1. The molecule has 21 heavy (non-hydrogen) atoms. The fourth-order valence-electron chi connectivity index (χ4n) is 2.55. The van der Waals surface area contributed by atoms with Gasteiger partial charge < -0.3 is 15.5 Å². The molecule has 1 atom stereocenters. The van der Waals surface area contributed by atoms with E-state index in [1.54, 1.807) is 16.8 Å². The summed E-state index contributed by atoms with van der Waals surface area (Å²) in [7, 11) is 1.69. The molecule has 1 aromatic carbocycles. The van der Waals surface area contributed by atoms with Gasteiger partial charge >= 0.3 is 0 Å². The summed E-state index contributed by atoms with van der Waals surface area (Å²) in [6.45, 7) is 1.02. The van der Waals surface area contributed by atoms with Crippen molar-refractivity contribution in [1.82, 2.24) is 4.90 Å². The van der Waals surface area contributed by atoms with Crippen LogP contribution in [-0.4, -0.2) is 42.9 Å². The smallest absolute Gasteiger partial charge is 0.249 e. The number of hydrogen-bond donors (Lipinski definition) is 1. The lowest BCUT2D eigenvalue weighted by Crippen LogP contribution is -2.53. The van der Waals surface area contributed by atoms with Gasteiger partial charge in [0.25, 0.3) is 0 Å². The van der Waals surface area contributed by atoms with Crippen LogP contribution in [0.15, 0.2) is 30.3 Å². The first-order chi connectivity index (χ1) is 9.65. The van der Waals surface area contributed by atoms with Crippen molar-refractivity contribution in [2.75, 3.05) is 25.0 Å². The Kier molecular flexibility index (Phi) is 6.65. The maximum absolute atomic E-state index is 12.6. The first-order valence-electron chi connectivity index (χ1n) is 6.97. The number of nitrogens with zero attached hydrogens (tertiary/aromatic N) is 2. The molecular weight excluding hydrogens is 290 g/mol.